The maximum absolute atomic E-state index is 4.72. The molecular weight excluding hydrogens is 1280 g/mol. The fourth-order valence-electron chi connectivity index (χ4n) is 18.9. The molecule has 0 amide bonds. The molecule has 12 aromatic heterocycles. The second-order valence-corrected chi connectivity index (χ2v) is 28.6. The zero-order chi connectivity index (χ0) is 69.7. The first-order valence-electron chi connectivity index (χ1n) is 35.3. The van der Waals surface area contributed by atoms with E-state index in [4.69, 9.17) is 29.9 Å². The Morgan fingerprint density at radius 2 is 0.635 bits per heavy atom. The Labute approximate surface area is 599 Å². The summed E-state index contributed by atoms with van der Waals surface area (Å²) >= 11 is 0. The fourth-order valence-corrected chi connectivity index (χ4v) is 18.9. The molecule has 104 heavy (non-hydrogen) atoms. The standard InChI is InChI=1S/C21H17BN4.2C20H16BN5.C19H15BN6/c1-25-8-6-13-4-3-5-15-16-12-23-11-14-10-17-20(26(2)9-7-24-17)22(19(14)16)21(25)18(13)15;2*1-25-8-6-12-4-3-5-13-16(12)20(25)21-17-14(23-11-24-18(13)17)10-15-19(21)26(2)9-7-22-15;1-25-7-6-21-14-8-13-16-17(23-9-22-13)11-4-3-5-12-15(11)19(20(16)18(14)25)26(2)10-24-12/h3-9,11-12H,10H2,1-2H3;2*3-9,11H,10H2,1-2H3;3-7,9-10H,8H2,1-2H3/q4*+2. The van der Waals surface area contributed by atoms with Crippen molar-refractivity contribution in [3.63, 3.8) is 0 Å². The van der Waals surface area contributed by atoms with E-state index in [0.29, 0.717) is 0 Å². The number of pyridine rings is 4. The predicted octanol–water partition coefficient (Wildman–Crippen LogP) is -3.70. The van der Waals surface area contributed by atoms with Gasteiger partial charge < -0.3 is 0 Å². The highest BCUT2D eigenvalue weighted by atomic mass is 15.0. The third-order valence-corrected chi connectivity index (χ3v) is 23.2. The van der Waals surface area contributed by atoms with Gasteiger partial charge in [0.15, 0.2) is 88.0 Å². The number of aryl methyl sites for hydroxylation is 8. The van der Waals surface area contributed by atoms with E-state index in [2.05, 4.69) is 239 Å². The van der Waals surface area contributed by atoms with Crippen LogP contribution in [-0.4, -0.2) is 86.7 Å². The molecule has 0 atom stereocenters. The third kappa shape index (κ3) is 8.46. The van der Waals surface area contributed by atoms with Crippen molar-refractivity contribution in [3.8, 4) is 44.9 Å². The van der Waals surface area contributed by atoms with E-state index in [1.54, 1.807) is 19.0 Å². The predicted molar refractivity (Wildman–Crippen MR) is 396 cm³/mol. The van der Waals surface area contributed by atoms with E-state index < -0.39 is 0 Å². The van der Waals surface area contributed by atoms with Crippen LogP contribution in [0, 0.1) is 0 Å². The summed E-state index contributed by atoms with van der Waals surface area (Å²) in [6.45, 7) is 0.461. The second kappa shape index (κ2) is 22.5. The fraction of sp³-hybridized carbons (Fsp3) is 0.150. The van der Waals surface area contributed by atoms with Crippen molar-refractivity contribution in [2.75, 3.05) is 0 Å². The Bertz CT molecular complexity index is 5790. The summed E-state index contributed by atoms with van der Waals surface area (Å²) in [5.41, 5.74) is 34.6. The van der Waals surface area contributed by atoms with E-state index in [1.807, 2.05) is 62.1 Å². The lowest BCUT2D eigenvalue weighted by atomic mass is 9.34. The SMILES string of the molecule is C[n+]1ccnc2c1B1c3c(cncc3-c3cccc4cc[n+](C)c1c34)C2.C[n+]1ccnc2c1B1c3c(ncnc3-c3cccc4cc[n+](C)c1c34)C2.C[n+]1ccnc2c1B1c3c(ncnc3-c3cccc4cc[n+](C)c1c34)C2.C[n+]1ccnc2c1B1c3c(ncnc3-c3cccc4nc[n+](C)c1c34)C2. The van der Waals surface area contributed by atoms with E-state index in [0.717, 1.165) is 93.7 Å². The summed E-state index contributed by atoms with van der Waals surface area (Å²) in [4.78, 5) is 56.0. The Morgan fingerprint density at radius 3 is 1.07 bits per heavy atom. The molecule has 0 saturated heterocycles. The molecule has 0 saturated carbocycles. The molecule has 0 spiro atoms. The van der Waals surface area contributed by atoms with Gasteiger partial charge in [-0.3, -0.25) is 4.98 Å². The number of hydrogen-bond donors (Lipinski definition) is 0. The van der Waals surface area contributed by atoms with Gasteiger partial charge in [0.25, 0.3) is 6.33 Å². The maximum atomic E-state index is 4.72. The van der Waals surface area contributed by atoms with Crippen LogP contribution in [0.3, 0.4) is 0 Å². The van der Waals surface area contributed by atoms with Crippen LogP contribution in [0.25, 0.3) is 88.1 Å². The first-order chi connectivity index (χ1) is 50.9. The number of rotatable bonds is 0. The topological polar surface area (TPSA) is 186 Å². The van der Waals surface area contributed by atoms with Crippen LogP contribution in [0.4, 0.5) is 0 Å². The van der Waals surface area contributed by atoms with Crippen molar-refractivity contribution in [1.29, 1.82) is 0 Å². The van der Waals surface area contributed by atoms with Crippen LogP contribution in [0.5, 0.6) is 0 Å². The highest BCUT2D eigenvalue weighted by Gasteiger charge is 2.54. The van der Waals surface area contributed by atoms with Gasteiger partial charge in [0, 0.05) is 106 Å². The molecule has 0 fully saturated rings. The zero-order valence-electron chi connectivity index (χ0n) is 58.6. The number of fused-ring (bicyclic) bond motifs is 16. The summed E-state index contributed by atoms with van der Waals surface area (Å²) in [6.07, 6.45) is 36.3. The molecule has 0 radical (unpaired) electrons. The van der Waals surface area contributed by atoms with Crippen molar-refractivity contribution in [2.45, 2.75) is 25.7 Å². The van der Waals surface area contributed by atoms with E-state index in [9.17, 15) is 0 Å². The van der Waals surface area contributed by atoms with Gasteiger partial charge in [-0.1, -0.05) is 66.7 Å². The molecular formula is C80H64B4N20+8. The van der Waals surface area contributed by atoms with Crippen LogP contribution in [0.15, 0.2) is 197 Å². The smallest absolute Gasteiger partial charge is 0.264 e. The van der Waals surface area contributed by atoms with Crippen molar-refractivity contribution in [2.24, 2.45) is 56.4 Å². The Hall–Kier alpha value is -12.6. The molecule has 0 bridgehead atoms. The molecule has 8 aliphatic rings. The van der Waals surface area contributed by atoms with Crippen LogP contribution in [0.2, 0.25) is 0 Å². The summed E-state index contributed by atoms with van der Waals surface area (Å²) < 4.78 is 17.8. The van der Waals surface area contributed by atoms with Crippen LogP contribution in [0.1, 0.15) is 45.4 Å². The minimum Gasteiger partial charge on any atom is -0.264 e. The molecule has 0 unspecified atom stereocenters. The summed E-state index contributed by atoms with van der Waals surface area (Å²) in [7, 11) is 16.9. The van der Waals surface area contributed by atoms with Crippen molar-refractivity contribution in [1.82, 2.24) is 59.8 Å². The molecule has 24 rings (SSSR count). The largest absolute Gasteiger partial charge is 0.413 e. The van der Waals surface area contributed by atoms with Gasteiger partial charge in [0.1, 0.15) is 91.1 Å². The molecule has 0 N–H and O–H groups in total. The molecule has 488 valence electrons. The van der Waals surface area contributed by atoms with Gasteiger partial charge in [-0.05, 0) is 65.8 Å². The number of hydrogen-bond acceptors (Lipinski definition) is 12. The van der Waals surface area contributed by atoms with Crippen molar-refractivity contribution < 1.29 is 36.5 Å². The lowest BCUT2D eigenvalue weighted by Crippen LogP contribution is -2.74. The Balaban J connectivity index is 0.0000000896. The van der Waals surface area contributed by atoms with Gasteiger partial charge in [0.05, 0.1) is 59.9 Å². The lowest BCUT2D eigenvalue weighted by Gasteiger charge is -2.28. The Kier molecular flexibility index (Phi) is 13.0. The lowest BCUT2D eigenvalue weighted by molar-refractivity contribution is -0.660. The first kappa shape index (κ1) is 60.2. The van der Waals surface area contributed by atoms with Gasteiger partial charge in [-0.25, -0.2) is 86.4 Å². The molecule has 4 aromatic carbocycles. The van der Waals surface area contributed by atoms with Gasteiger partial charge in [-0.2, -0.15) is 0 Å². The summed E-state index contributed by atoms with van der Waals surface area (Å²) in [5, 5.41) is 8.88. The average molecular weight is 1350 g/mol. The van der Waals surface area contributed by atoms with Crippen molar-refractivity contribution in [3.05, 3.63) is 242 Å². The van der Waals surface area contributed by atoms with Gasteiger partial charge in [-0.15, -0.1) is 0 Å². The summed E-state index contributed by atoms with van der Waals surface area (Å²) in [6, 6.07) is 32.4. The van der Waals surface area contributed by atoms with E-state index in [1.165, 1.54) is 132 Å². The summed E-state index contributed by atoms with van der Waals surface area (Å²) in [5.74, 6) is 0. The Morgan fingerprint density at radius 1 is 0.279 bits per heavy atom. The van der Waals surface area contributed by atoms with E-state index in [-0.39, 0.29) is 26.9 Å². The number of benzene rings is 4. The van der Waals surface area contributed by atoms with Crippen molar-refractivity contribution >= 4 is 137 Å². The molecule has 8 aliphatic heterocycles. The minimum atomic E-state index is 0.0639. The molecule has 20 nitrogen and oxygen atoms in total. The molecule has 0 aliphatic carbocycles. The minimum absolute atomic E-state index is 0.0639. The molecule has 16 aromatic rings. The van der Waals surface area contributed by atoms with Crippen LogP contribution >= 0.6 is 0 Å². The molecule has 20 heterocycles. The zero-order valence-corrected chi connectivity index (χ0v) is 58.6. The maximum Gasteiger partial charge on any atom is 0.413 e. The number of nitrogens with zero attached hydrogens (tertiary/aromatic N) is 20. The first-order valence-corrected chi connectivity index (χ1v) is 35.3. The quantitative estimate of drug-likeness (QED) is 0.107. The van der Waals surface area contributed by atoms with Gasteiger partial charge in [0.2, 0.25) is 0 Å². The third-order valence-electron chi connectivity index (χ3n) is 23.2. The van der Waals surface area contributed by atoms with Crippen LogP contribution < -0.4 is 103 Å². The van der Waals surface area contributed by atoms with E-state index >= 15 is 0 Å². The van der Waals surface area contributed by atoms with Crippen LogP contribution in [-0.2, 0) is 82.1 Å². The monoisotopic (exact) mass is 1350 g/mol. The second-order valence-electron chi connectivity index (χ2n) is 28.6. The normalized spacial score (nSPS) is 13.5. The average Bonchev–Trinajstić information content (AvgIpc) is 0.724. The highest BCUT2D eigenvalue weighted by molar-refractivity contribution is 6.99. The number of aromatic nitrogens is 20. The van der Waals surface area contributed by atoms with Gasteiger partial charge >= 0.3 is 26.9 Å². The highest BCUT2D eigenvalue weighted by Crippen LogP contribution is 2.35. The molecule has 24 heteroatoms.